The number of aromatic nitrogens is 1. The minimum Gasteiger partial charge on any atom is -0.493 e. The van der Waals surface area contributed by atoms with Gasteiger partial charge in [-0.1, -0.05) is 0 Å². The molecule has 1 aromatic heterocycles. The van der Waals surface area contributed by atoms with Gasteiger partial charge in [-0.25, -0.2) is 8.78 Å². The van der Waals surface area contributed by atoms with E-state index in [0.29, 0.717) is 29.7 Å². The molecule has 1 aliphatic carbocycles. The lowest BCUT2D eigenvalue weighted by Crippen LogP contribution is -2.45. The Bertz CT molecular complexity index is 1080. The van der Waals surface area contributed by atoms with E-state index in [-0.39, 0.29) is 24.0 Å². The second-order valence-corrected chi connectivity index (χ2v) is 7.49. The fourth-order valence-electron chi connectivity index (χ4n) is 4.07. The molecule has 31 heavy (non-hydrogen) atoms. The van der Waals surface area contributed by atoms with E-state index in [1.54, 1.807) is 25.5 Å². The molecule has 2 heterocycles. The quantitative estimate of drug-likeness (QED) is 0.691. The van der Waals surface area contributed by atoms with Crippen LogP contribution in [-0.2, 0) is 16.8 Å². The van der Waals surface area contributed by atoms with Crippen LogP contribution in [0, 0.1) is 17.0 Å². The third-order valence-corrected chi connectivity index (χ3v) is 5.81. The van der Waals surface area contributed by atoms with E-state index in [1.165, 1.54) is 20.4 Å². The van der Waals surface area contributed by atoms with Gasteiger partial charge in [-0.05, 0) is 30.0 Å². The molecule has 7 nitrogen and oxygen atoms in total. The maximum Gasteiger partial charge on any atom is 0.238 e. The van der Waals surface area contributed by atoms with Crippen molar-refractivity contribution in [2.45, 2.75) is 24.8 Å². The maximum atomic E-state index is 15.1. The molecule has 1 aromatic carbocycles. The van der Waals surface area contributed by atoms with Crippen LogP contribution in [0.15, 0.2) is 24.5 Å². The van der Waals surface area contributed by atoms with Crippen LogP contribution in [0.1, 0.15) is 29.7 Å². The molecule has 0 saturated heterocycles. The second-order valence-electron chi connectivity index (χ2n) is 7.49. The van der Waals surface area contributed by atoms with Crippen molar-refractivity contribution in [1.29, 1.82) is 5.41 Å². The molecule has 162 valence electrons. The fourth-order valence-corrected chi connectivity index (χ4v) is 4.07. The van der Waals surface area contributed by atoms with E-state index in [2.05, 4.69) is 10.3 Å². The van der Waals surface area contributed by atoms with Gasteiger partial charge in [0.25, 0.3) is 0 Å². The zero-order valence-electron chi connectivity index (χ0n) is 17.4. The largest absolute Gasteiger partial charge is 0.493 e. The number of amides is 1. The Hall–Kier alpha value is -3.49. The molecule has 2 N–H and O–H groups in total. The van der Waals surface area contributed by atoms with Crippen molar-refractivity contribution < 1.29 is 23.0 Å². The highest BCUT2D eigenvalue weighted by Gasteiger charge is 2.57. The highest BCUT2D eigenvalue weighted by Crippen LogP contribution is 2.55. The average Bonchev–Trinajstić information content (AvgIpc) is 3.57. The molecule has 2 aliphatic rings. The van der Waals surface area contributed by atoms with E-state index in [4.69, 9.17) is 14.9 Å². The van der Waals surface area contributed by atoms with E-state index < -0.39 is 22.7 Å². The molecule has 0 radical (unpaired) electrons. The average molecular weight is 428 g/mol. The second kappa shape index (κ2) is 7.64. The fraction of sp³-hybridized carbons (Fsp3) is 0.318. The first kappa shape index (κ1) is 20.8. The number of carbonyl (C=O) groups excluding carboxylic acids is 1. The Morgan fingerprint density at radius 1 is 1.23 bits per heavy atom. The molecule has 0 unspecified atom stereocenters. The lowest BCUT2D eigenvalue weighted by Gasteiger charge is -2.35. The molecule has 1 fully saturated rings. The van der Waals surface area contributed by atoms with Crippen molar-refractivity contribution in [3.63, 3.8) is 0 Å². The number of pyridine rings is 1. The number of rotatable bonds is 6. The van der Waals surface area contributed by atoms with E-state index in [0.717, 1.165) is 16.5 Å². The molecule has 4 rings (SSSR count). The molecule has 0 bridgehead atoms. The first-order chi connectivity index (χ1) is 14.9. The highest BCUT2D eigenvalue weighted by molar-refractivity contribution is 6.08. The minimum absolute atomic E-state index is 0.0387. The topological polar surface area (TPSA) is 87.5 Å². The Morgan fingerprint density at radius 2 is 1.87 bits per heavy atom. The predicted octanol–water partition coefficient (Wildman–Crippen LogP) is 3.17. The maximum absolute atomic E-state index is 15.1. The minimum atomic E-state index is -0.957. The van der Waals surface area contributed by atoms with Crippen molar-refractivity contribution in [1.82, 2.24) is 10.3 Å². The van der Waals surface area contributed by atoms with Gasteiger partial charge in [0.1, 0.15) is 5.69 Å². The monoisotopic (exact) mass is 428 g/mol. The molecule has 1 spiro atoms. The van der Waals surface area contributed by atoms with Crippen LogP contribution >= 0.6 is 0 Å². The summed E-state index contributed by atoms with van der Waals surface area (Å²) in [6, 6.07) is 2.91. The number of methoxy groups -OCH3 is 2. The van der Waals surface area contributed by atoms with E-state index in [1.807, 2.05) is 0 Å². The van der Waals surface area contributed by atoms with Crippen molar-refractivity contribution in [3.05, 3.63) is 53.0 Å². The summed E-state index contributed by atoms with van der Waals surface area (Å²) in [5.74, 6) is -2.71. The number of allylic oxidation sites excluding steroid dienone is 1. The lowest BCUT2D eigenvalue weighted by atomic mass is 9.86. The summed E-state index contributed by atoms with van der Waals surface area (Å²) >= 11 is 0. The van der Waals surface area contributed by atoms with Gasteiger partial charge in [0, 0.05) is 37.3 Å². The summed E-state index contributed by atoms with van der Waals surface area (Å²) in [6.07, 6.45) is 5.56. The molecular formula is C22H22F2N4O3. The first-order valence-electron chi connectivity index (χ1n) is 9.71. The van der Waals surface area contributed by atoms with Crippen molar-refractivity contribution >= 4 is 23.4 Å². The van der Waals surface area contributed by atoms with Gasteiger partial charge in [0.2, 0.25) is 5.91 Å². The smallest absolute Gasteiger partial charge is 0.238 e. The summed E-state index contributed by atoms with van der Waals surface area (Å²) in [7, 11) is 4.25. The third kappa shape index (κ3) is 3.11. The van der Waals surface area contributed by atoms with Crippen LogP contribution in [0.2, 0.25) is 0 Å². The van der Waals surface area contributed by atoms with Gasteiger partial charge >= 0.3 is 0 Å². The normalized spacial score (nSPS) is 16.7. The Morgan fingerprint density at radius 3 is 2.39 bits per heavy atom. The predicted molar refractivity (Wildman–Crippen MR) is 112 cm³/mol. The summed E-state index contributed by atoms with van der Waals surface area (Å²) in [5, 5.41) is 10.5. The van der Waals surface area contributed by atoms with Crippen LogP contribution < -0.4 is 19.7 Å². The number of ether oxygens (including phenoxy) is 2. The standard InChI is InChI=1S/C22H22F2N4O3/c1-26-9-12(8-25)15-6-14-13(10-27-15)11-28(21(29)22(14)4-5-22)20-18(23)16(30-2)7-17(31-3)19(20)24/h6-10,25-26H,4-5,11H2,1-3H3/b12-9+,25-8?. The molecule has 9 heteroatoms. The van der Waals surface area contributed by atoms with Gasteiger partial charge in [0.05, 0.1) is 31.9 Å². The van der Waals surface area contributed by atoms with Crippen molar-refractivity contribution in [2.24, 2.45) is 0 Å². The molecule has 2 aromatic rings. The van der Waals surface area contributed by atoms with Crippen LogP contribution in [0.3, 0.4) is 0 Å². The number of nitrogens with zero attached hydrogens (tertiary/aromatic N) is 2. The van der Waals surface area contributed by atoms with Crippen LogP contribution in [0.5, 0.6) is 11.5 Å². The van der Waals surface area contributed by atoms with Gasteiger partial charge in [-0.2, -0.15) is 0 Å². The SMILES string of the molecule is CN/C=C(\C=N)c1cc2c(cn1)CN(c1c(F)c(OC)cc(OC)c1F)C(=O)C21CC1. The van der Waals surface area contributed by atoms with Crippen molar-refractivity contribution in [3.8, 4) is 11.5 Å². The summed E-state index contributed by atoms with van der Waals surface area (Å²) in [5.41, 5.74) is 1.26. The Kier molecular flexibility index (Phi) is 5.12. The van der Waals surface area contributed by atoms with Crippen LogP contribution in [0.25, 0.3) is 5.57 Å². The zero-order chi connectivity index (χ0) is 22.3. The third-order valence-electron chi connectivity index (χ3n) is 5.81. The highest BCUT2D eigenvalue weighted by atomic mass is 19.1. The first-order valence-corrected chi connectivity index (χ1v) is 9.71. The number of fused-ring (bicyclic) bond motifs is 2. The number of anilines is 1. The summed E-state index contributed by atoms with van der Waals surface area (Å²) in [6.45, 7) is -0.0387. The Labute approximate surface area is 178 Å². The van der Waals surface area contributed by atoms with Gasteiger partial charge in [-0.15, -0.1) is 0 Å². The zero-order valence-corrected chi connectivity index (χ0v) is 17.4. The number of nitrogens with one attached hydrogen (secondary N) is 2. The van der Waals surface area contributed by atoms with Crippen LogP contribution in [0.4, 0.5) is 14.5 Å². The number of halogens is 2. The molecule has 1 amide bonds. The summed E-state index contributed by atoms with van der Waals surface area (Å²) < 4.78 is 40.2. The van der Waals surface area contributed by atoms with Gasteiger partial charge < -0.3 is 25.1 Å². The van der Waals surface area contributed by atoms with E-state index >= 15 is 8.78 Å². The van der Waals surface area contributed by atoms with E-state index in [9.17, 15) is 4.79 Å². The number of benzene rings is 1. The molecular weight excluding hydrogens is 406 g/mol. The van der Waals surface area contributed by atoms with Crippen LogP contribution in [-0.4, -0.2) is 38.4 Å². The van der Waals surface area contributed by atoms with Gasteiger partial charge in [0.15, 0.2) is 23.1 Å². The lowest BCUT2D eigenvalue weighted by molar-refractivity contribution is -0.121. The van der Waals surface area contributed by atoms with Gasteiger partial charge in [-0.3, -0.25) is 9.78 Å². The molecule has 1 saturated carbocycles. The number of hydrogen-bond acceptors (Lipinski definition) is 6. The molecule has 0 atom stereocenters. The number of hydrogen-bond donors (Lipinski definition) is 2. The Balaban J connectivity index is 1.85. The molecule has 1 aliphatic heterocycles. The number of carbonyl (C=O) groups is 1. The summed E-state index contributed by atoms with van der Waals surface area (Å²) in [4.78, 5) is 19.0. The van der Waals surface area contributed by atoms with Crippen molar-refractivity contribution in [2.75, 3.05) is 26.2 Å².